The summed E-state index contributed by atoms with van der Waals surface area (Å²) in [5, 5.41) is 9.44. The summed E-state index contributed by atoms with van der Waals surface area (Å²) in [6.07, 6.45) is 4.14. The molecular formula is C15H23N3O2. The van der Waals surface area contributed by atoms with E-state index in [2.05, 4.69) is 28.7 Å². The summed E-state index contributed by atoms with van der Waals surface area (Å²) in [4.78, 5) is 22.2. The largest absolute Gasteiger partial charge is 0.476 e. The molecule has 0 aliphatic heterocycles. The van der Waals surface area contributed by atoms with Crippen LogP contribution in [0.25, 0.3) is 0 Å². The molecular weight excluding hydrogens is 254 g/mol. The number of hydrogen-bond donors (Lipinski definition) is 1. The molecule has 0 amide bonds. The maximum atomic E-state index is 11.5. The summed E-state index contributed by atoms with van der Waals surface area (Å²) >= 11 is 0. The Morgan fingerprint density at radius 2 is 2.05 bits per heavy atom. The minimum absolute atomic E-state index is 0.123. The Hall–Kier alpha value is -1.65. The molecule has 5 nitrogen and oxygen atoms in total. The van der Waals surface area contributed by atoms with Crippen molar-refractivity contribution in [1.29, 1.82) is 0 Å². The van der Waals surface area contributed by atoms with Crippen molar-refractivity contribution in [2.45, 2.75) is 52.5 Å². The van der Waals surface area contributed by atoms with Crippen molar-refractivity contribution in [2.24, 2.45) is 5.92 Å². The molecule has 1 aromatic rings. The van der Waals surface area contributed by atoms with Gasteiger partial charge in [-0.2, -0.15) is 0 Å². The van der Waals surface area contributed by atoms with Crippen LogP contribution in [0.2, 0.25) is 0 Å². The van der Waals surface area contributed by atoms with Gasteiger partial charge in [-0.05, 0) is 32.6 Å². The Balaban J connectivity index is 2.38. The number of carbonyl (C=O) groups is 1. The molecule has 1 heterocycles. The van der Waals surface area contributed by atoms with Gasteiger partial charge in [0.25, 0.3) is 0 Å². The monoisotopic (exact) mass is 277 g/mol. The molecule has 1 aliphatic rings. The molecule has 1 aromatic heterocycles. The highest BCUT2D eigenvalue weighted by Gasteiger charge is 2.28. The Labute approximate surface area is 120 Å². The number of aromatic nitrogens is 2. The minimum atomic E-state index is -0.981. The third-order valence-corrected chi connectivity index (χ3v) is 3.59. The summed E-state index contributed by atoms with van der Waals surface area (Å²) in [5.41, 5.74) is 0.766. The Kier molecular flexibility index (Phi) is 4.26. The summed E-state index contributed by atoms with van der Waals surface area (Å²) in [5.74, 6) is 0.411. The quantitative estimate of drug-likeness (QED) is 0.866. The molecule has 1 fully saturated rings. The predicted molar refractivity (Wildman–Crippen MR) is 78.3 cm³/mol. The second-order valence-electron chi connectivity index (χ2n) is 6.11. The molecule has 1 aliphatic carbocycles. The average Bonchev–Trinajstić information content (AvgIpc) is 3.18. The van der Waals surface area contributed by atoms with Gasteiger partial charge >= 0.3 is 5.97 Å². The van der Waals surface area contributed by atoms with Crippen LogP contribution in [0.5, 0.6) is 0 Å². The van der Waals surface area contributed by atoms with Crippen molar-refractivity contribution in [3.05, 3.63) is 17.7 Å². The van der Waals surface area contributed by atoms with E-state index < -0.39 is 5.97 Å². The van der Waals surface area contributed by atoms with Crippen molar-refractivity contribution in [3.63, 3.8) is 0 Å². The van der Waals surface area contributed by atoms with E-state index in [-0.39, 0.29) is 17.7 Å². The topological polar surface area (TPSA) is 66.3 Å². The maximum absolute atomic E-state index is 11.5. The van der Waals surface area contributed by atoms with Gasteiger partial charge in [0.1, 0.15) is 5.82 Å². The zero-order valence-corrected chi connectivity index (χ0v) is 12.6. The molecule has 0 bridgehead atoms. The lowest BCUT2D eigenvalue weighted by Gasteiger charge is -2.29. The van der Waals surface area contributed by atoms with Crippen LogP contribution in [0, 0.1) is 5.92 Å². The van der Waals surface area contributed by atoms with Crippen LogP contribution in [0.15, 0.2) is 6.20 Å². The van der Waals surface area contributed by atoms with Crippen LogP contribution in [0.1, 0.15) is 62.8 Å². The van der Waals surface area contributed by atoms with Gasteiger partial charge in [-0.3, -0.25) is 0 Å². The zero-order chi connectivity index (χ0) is 14.9. The fraction of sp³-hybridized carbons (Fsp3) is 0.667. The van der Waals surface area contributed by atoms with Gasteiger partial charge in [0.15, 0.2) is 5.69 Å². The fourth-order valence-corrected chi connectivity index (χ4v) is 2.20. The molecule has 0 spiro atoms. The van der Waals surface area contributed by atoms with E-state index in [4.69, 9.17) is 0 Å². The molecule has 0 saturated heterocycles. The third kappa shape index (κ3) is 3.26. The van der Waals surface area contributed by atoms with Gasteiger partial charge in [0.2, 0.25) is 0 Å². The number of anilines is 1. The van der Waals surface area contributed by atoms with Gasteiger partial charge in [0, 0.05) is 18.5 Å². The summed E-state index contributed by atoms with van der Waals surface area (Å²) in [7, 11) is 0. The first kappa shape index (κ1) is 14.8. The molecule has 20 heavy (non-hydrogen) atoms. The van der Waals surface area contributed by atoms with Crippen molar-refractivity contribution in [1.82, 2.24) is 9.97 Å². The van der Waals surface area contributed by atoms with E-state index in [1.807, 2.05) is 13.8 Å². The second kappa shape index (κ2) is 5.77. The van der Waals surface area contributed by atoms with E-state index in [9.17, 15) is 9.90 Å². The molecule has 1 saturated carbocycles. The predicted octanol–water partition coefficient (Wildman–Crippen LogP) is 2.92. The van der Waals surface area contributed by atoms with E-state index in [1.165, 1.54) is 12.8 Å². The lowest BCUT2D eigenvalue weighted by molar-refractivity contribution is 0.0690. The Bertz CT molecular complexity index is 496. The number of nitrogens with zero attached hydrogens (tertiary/aromatic N) is 3. The van der Waals surface area contributed by atoms with Gasteiger partial charge in [0.05, 0.1) is 11.9 Å². The van der Waals surface area contributed by atoms with E-state index in [0.717, 1.165) is 6.54 Å². The van der Waals surface area contributed by atoms with Crippen LogP contribution >= 0.6 is 0 Å². The SMILES string of the molecule is CC(C)c1ncc(N(CC2CC2)C(C)C)c(C(=O)O)n1. The molecule has 0 atom stereocenters. The van der Waals surface area contributed by atoms with Crippen molar-refractivity contribution in [2.75, 3.05) is 11.4 Å². The van der Waals surface area contributed by atoms with Crippen LogP contribution in [-0.4, -0.2) is 33.6 Å². The zero-order valence-electron chi connectivity index (χ0n) is 12.6. The van der Waals surface area contributed by atoms with Crippen LogP contribution in [0.4, 0.5) is 5.69 Å². The summed E-state index contributed by atoms with van der Waals surface area (Å²) < 4.78 is 0. The molecule has 0 aromatic carbocycles. The highest BCUT2D eigenvalue weighted by Crippen LogP contribution is 2.33. The molecule has 110 valence electrons. The lowest BCUT2D eigenvalue weighted by Crippen LogP contribution is -2.34. The van der Waals surface area contributed by atoms with Gasteiger partial charge in [-0.1, -0.05) is 13.8 Å². The van der Waals surface area contributed by atoms with Gasteiger partial charge < -0.3 is 10.0 Å². The second-order valence-corrected chi connectivity index (χ2v) is 6.11. The minimum Gasteiger partial charge on any atom is -0.476 e. The standard InChI is InChI=1S/C15H23N3O2/c1-9(2)14-16-7-12(13(17-14)15(19)20)18(10(3)4)8-11-5-6-11/h7,9-11H,5-6,8H2,1-4H3,(H,19,20). The highest BCUT2D eigenvalue weighted by atomic mass is 16.4. The highest BCUT2D eigenvalue weighted by molar-refractivity contribution is 5.92. The average molecular weight is 277 g/mol. The van der Waals surface area contributed by atoms with Crippen LogP contribution < -0.4 is 4.90 Å². The van der Waals surface area contributed by atoms with E-state index in [0.29, 0.717) is 17.4 Å². The molecule has 2 rings (SSSR count). The normalized spacial score (nSPS) is 14.9. The van der Waals surface area contributed by atoms with Crippen molar-refractivity contribution < 1.29 is 9.90 Å². The lowest BCUT2D eigenvalue weighted by atomic mass is 10.1. The Morgan fingerprint density at radius 3 is 2.50 bits per heavy atom. The smallest absolute Gasteiger partial charge is 0.356 e. The van der Waals surface area contributed by atoms with Crippen LogP contribution in [0.3, 0.4) is 0 Å². The number of aromatic carboxylic acids is 1. The summed E-state index contributed by atoms with van der Waals surface area (Å²) in [6.45, 7) is 8.97. The van der Waals surface area contributed by atoms with Crippen molar-refractivity contribution in [3.8, 4) is 0 Å². The number of hydrogen-bond acceptors (Lipinski definition) is 4. The number of carboxylic acid groups (broad SMARTS) is 1. The van der Waals surface area contributed by atoms with Gasteiger partial charge in [-0.15, -0.1) is 0 Å². The van der Waals surface area contributed by atoms with Crippen LogP contribution in [-0.2, 0) is 0 Å². The molecule has 0 radical (unpaired) electrons. The van der Waals surface area contributed by atoms with E-state index in [1.54, 1.807) is 6.20 Å². The Morgan fingerprint density at radius 1 is 1.40 bits per heavy atom. The molecule has 0 unspecified atom stereocenters. The third-order valence-electron chi connectivity index (χ3n) is 3.59. The van der Waals surface area contributed by atoms with E-state index >= 15 is 0 Å². The first-order valence-electron chi connectivity index (χ1n) is 7.27. The molecule has 5 heteroatoms. The number of carboxylic acids is 1. The fourth-order valence-electron chi connectivity index (χ4n) is 2.20. The molecule has 1 N–H and O–H groups in total. The number of rotatable bonds is 6. The van der Waals surface area contributed by atoms with Crippen molar-refractivity contribution >= 4 is 11.7 Å². The summed E-state index contributed by atoms with van der Waals surface area (Å²) in [6, 6.07) is 0.238. The maximum Gasteiger partial charge on any atom is 0.356 e. The first-order valence-corrected chi connectivity index (χ1v) is 7.27. The van der Waals surface area contributed by atoms with Gasteiger partial charge in [-0.25, -0.2) is 14.8 Å². The first-order chi connectivity index (χ1) is 9.40.